The first-order valence-electron chi connectivity index (χ1n) is 8.93. The minimum atomic E-state index is -0.145. The number of anilines is 1. The standard InChI is InChI=1S/C20H23N3O4/c1-2-8-21-20(25)15-4-3-5-16(10-15)22-12-19(24)23-11-14-6-7-17-18(9-14)27-13-26-17/h3-7,9-10,22H,2,8,11-13H2,1H3,(H,21,25)(H,23,24). The van der Waals surface area contributed by atoms with Crippen LogP contribution < -0.4 is 25.4 Å². The molecule has 2 amide bonds. The normalized spacial score (nSPS) is 11.7. The molecule has 0 atom stereocenters. The van der Waals surface area contributed by atoms with Crippen molar-refractivity contribution in [2.24, 2.45) is 0 Å². The van der Waals surface area contributed by atoms with Crippen molar-refractivity contribution in [1.82, 2.24) is 10.6 Å². The Morgan fingerprint density at radius 2 is 1.89 bits per heavy atom. The van der Waals surface area contributed by atoms with E-state index in [-0.39, 0.29) is 25.2 Å². The van der Waals surface area contributed by atoms with E-state index in [1.807, 2.05) is 31.2 Å². The number of rotatable bonds is 8. The summed E-state index contributed by atoms with van der Waals surface area (Å²) in [7, 11) is 0. The predicted octanol–water partition coefficient (Wildman–Crippen LogP) is 2.28. The molecule has 1 heterocycles. The fourth-order valence-electron chi connectivity index (χ4n) is 2.61. The lowest BCUT2D eigenvalue weighted by Gasteiger charge is -2.10. The maximum absolute atomic E-state index is 12.1. The Bertz CT molecular complexity index is 823. The molecular formula is C20H23N3O4. The van der Waals surface area contributed by atoms with Crippen LogP contribution in [0.15, 0.2) is 42.5 Å². The van der Waals surface area contributed by atoms with E-state index in [9.17, 15) is 9.59 Å². The van der Waals surface area contributed by atoms with Crippen molar-refractivity contribution in [1.29, 1.82) is 0 Å². The SMILES string of the molecule is CCCNC(=O)c1cccc(NCC(=O)NCc2ccc3c(c2)OCO3)c1. The average Bonchev–Trinajstić information content (AvgIpc) is 3.17. The second-order valence-corrected chi connectivity index (χ2v) is 6.15. The van der Waals surface area contributed by atoms with E-state index in [0.29, 0.717) is 24.4 Å². The molecule has 2 aromatic rings. The first kappa shape index (κ1) is 18.6. The number of hydrogen-bond acceptors (Lipinski definition) is 5. The van der Waals surface area contributed by atoms with Gasteiger partial charge in [0.05, 0.1) is 6.54 Å². The molecule has 7 nitrogen and oxygen atoms in total. The van der Waals surface area contributed by atoms with Crippen LogP contribution in [0.3, 0.4) is 0 Å². The highest BCUT2D eigenvalue weighted by molar-refractivity contribution is 5.95. The topological polar surface area (TPSA) is 88.7 Å². The molecule has 27 heavy (non-hydrogen) atoms. The molecule has 0 aromatic heterocycles. The molecule has 0 saturated carbocycles. The quantitative estimate of drug-likeness (QED) is 0.664. The van der Waals surface area contributed by atoms with Gasteiger partial charge in [-0.3, -0.25) is 9.59 Å². The molecule has 0 radical (unpaired) electrons. The van der Waals surface area contributed by atoms with Crippen LogP contribution in [0.1, 0.15) is 29.3 Å². The molecule has 1 aliphatic rings. The molecule has 0 saturated heterocycles. The monoisotopic (exact) mass is 369 g/mol. The van der Waals surface area contributed by atoms with Gasteiger partial charge in [0.25, 0.3) is 5.91 Å². The third-order valence-corrected chi connectivity index (χ3v) is 4.04. The minimum absolute atomic E-state index is 0.116. The van der Waals surface area contributed by atoms with Gasteiger partial charge in [-0.25, -0.2) is 0 Å². The molecular weight excluding hydrogens is 346 g/mol. The minimum Gasteiger partial charge on any atom is -0.454 e. The van der Waals surface area contributed by atoms with Crippen LogP contribution in [-0.2, 0) is 11.3 Å². The molecule has 0 spiro atoms. The van der Waals surface area contributed by atoms with E-state index < -0.39 is 0 Å². The Hall–Kier alpha value is -3.22. The van der Waals surface area contributed by atoms with Crippen molar-refractivity contribution in [3.63, 3.8) is 0 Å². The Balaban J connectivity index is 1.47. The number of fused-ring (bicyclic) bond motifs is 1. The lowest BCUT2D eigenvalue weighted by atomic mass is 10.2. The van der Waals surface area contributed by atoms with Crippen LogP contribution in [-0.4, -0.2) is 31.7 Å². The number of ether oxygens (including phenoxy) is 2. The molecule has 2 aromatic carbocycles. The summed E-state index contributed by atoms with van der Waals surface area (Å²) < 4.78 is 10.6. The van der Waals surface area contributed by atoms with Crippen LogP contribution in [0.5, 0.6) is 11.5 Å². The van der Waals surface area contributed by atoms with Crippen LogP contribution in [0.2, 0.25) is 0 Å². The first-order chi connectivity index (χ1) is 13.2. The molecule has 3 rings (SSSR count). The highest BCUT2D eigenvalue weighted by Crippen LogP contribution is 2.32. The van der Waals surface area contributed by atoms with Crippen molar-refractivity contribution in [2.75, 3.05) is 25.2 Å². The number of carbonyl (C=O) groups is 2. The van der Waals surface area contributed by atoms with Gasteiger partial charge in [0.1, 0.15) is 0 Å². The summed E-state index contributed by atoms with van der Waals surface area (Å²) in [4.78, 5) is 24.1. The smallest absolute Gasteiger partial charge is 0.251 e. The van der Waals surface area contributed by atoms with Gasteiger partial charge in [-0.05, 0) is 42.3 Å². The zero-order valence-corrected chi connectivity index (χ0v) is 15.2. The lowest BCUT2D eigenvalue weighted by Crippen LogP contribution is -2.29. The Kier molecular flexibility index (Phi) is 6.14. The molecule has 7 heteroatoms. The first-order valence-corrected chi connectivity index (χ1v) is 8.93. The molecule has 3 N–H and O–H groups in total. The summed E-state index contributed by atoms with van der Waals surface area (Å²) in [6.07, 6.45) is 0.882. The highest BCUT2D eigenvalue weighted by atomic mass is 16.7. The average molecular weight is 369 g/mol. The lowest BCUT2D eigenvalue weighted by molar-refractivity contribution is -0.119. The van der Waals surface area contributed by atoms with Crippen LogP contribution in [0.25, 0.3) is 0 Å². The fraction of sp³-hybridized carbons (Fsp3) is 0.300. The molecule has 0 bridgehead atoms. The maximum atomic E-state index is 12.1. The molecule has 0 fully saturated rings. The van der Waals surface area contributed by atoms with Crippen molar-refractivity contribution in [2.45, 2.75) is 19.9 Å². The van der Waals surface area contributed by atoms with Gasteiger partial charge in [0, 0.05) is 24.3 Å². The summed E-state index contributed by atoms with van der Waals surface area (Å²) in [5.41, 5.74) is 2.22. The maximum Gasteiger partial charge on any atom is 0.251 e. The third kappa shape index (κ3) is 5.13. The van der Waals surface area contributed by atoms with E-state index in [4.69, 9.17) is 9.47 Å². The number of hydrogen-bond donors (Lipinski definition) is 3. The van der Waals surface area contributed by atoms with Gasteiger partial charge >= 0.3 is 0 Å². The number of carbonyl (C=O) groups excluding carboxylic acids is 2. The summed E-state index contributed by atoms with van der Waals surface area (Å²) >= 11 is 0. The van der Waals surface area contributed by atoms with Crippen LogP contribution in [0, 0.1) is 0 Å². The van der Waals surface area contributed by atoms with Crippen molar-refractivity contribution in [3.05, 3.63) is 53.6 Å². The van der Waals surface area contributed by atoms with Gasteiger partial charge in [0.2, 0.25) is 12.7 Å². The largest absolute Gasteiger partial charge is 0.454 e. The second kappa shape index (κ2) is 8.93. The number of amides is 2. The second-order valence-electron chi connectivity index (χ2n) is 6.15. The molecule has 1 aliphatic heterocycles. The van der Waals surface area contributed by atoms with Gasteiger partial charge in [-0.1, -0.05) is 19.1 Å². The molecule has 0 aliphatic carbocycles. The number of benzene rings is 2. The van der Waals surface area contributed by atoms with Crippen molar-refractivity contribution in [3.8, 4) is 11.5 Å². The zero-order chi connectivity index (χ0) is 19.1. The summed E-state index contributed by atoms with van der Waals surface area (Å²) in [6, 6.07) is 12.7. The van der Waals surface area contributed by atoms with Crippen molar-refractivity contribution >= 4 is 17.5 Å². The van der Waals surface area contributed by atoms with Gasteiger partial charge < -0.3 is 25.4 Å². The van der Waals surface area contributed by atoms with Crippen molar-refractivity contribution < 1.29 is 19.1 Å². The van der Waals surface area contributed by atoms with E-state index in [0.717, 1.165) is 23.4 Å². The van der Waals surface area contributed by atoms with Gasteiger partial charge in [0.15, 0.2) is 11.5 Å². The Labute approximate surface area is 158 Å². The number of nitrogens with one attached hydrogen (secondary N) is 3. The molecule has 142 valence electrons. The summed E-state index contributed by atoms with van der Waals surface area (Å²) in [5, 5.41) is 8.72. The Morgan fingerprint density at radius 3 is 2.74 bits per heavy atom. The molecule has 0 unspecified atom stereocenters. The summed E-state index contributed by atoms with van der Waals surface area (Å²) in [5.74, 6) is 1.15. The van der Waals surface area contributed by atoms with Gasteiger partial charge in [-0.15, -0.1) is 0 Å². The van der Waals surface area contributed by atoms with E-state index >= 15 is 0 Å². The van der Waals surface area contributed by atoms with E-state index in [2.05, 4.69) is 16.0 Å². The fourth-order valence-corrected chi connectivity index (χ4v) is 2.61. The van der Waals surface area contributed by atoms with Gasteiger partial charge in [-0.2, -0.15) is 0 Å². The van der Waals surface area contributed by atoms with E-state index in [1.54, 1.807) is 18.2 Å². The highest BCUT2D eigenvalue weighted by Gasteiger charge is 2.13. The Morgan fingerprint density at radius 1 is 1.04 bits per heavy atom. The zero-order valence-electron chi connectivity index (χ0n) is 15.2. The van der Waals surface area contributed by atoms with Crippen LogP contribution in [0.4, 0.5) is 5.69 Å². The van der Waals surface area contributed by atoms with E-state index in [1.165, 1.54) is 0 Å². The summed E-state index contributed by atoms with van der Waals surface area (Å²) in [6.45, 7) is 3.38. The predicted molar refractivity (Wildman–Crippen MR) is 102 cm³/mol. The van der Waals surface area contributed by atoms with Crippen LogP contribution >= 0.6 is 0 Å². The third-order valence-electron chi connectivity index (χ3n) is 4.04.